The highest BCUT2D eigenvalue weighted by Crippen LogP contribution is 2.19. The van der Waals surface area contributed by atoms with Crippen LogP contribution in [0.5, 0.6) is 0 Å². The van der Waals surface area contributed by atoms with E-state index < -0.39 is 6.10 Å². The molecular formula is C17H25N3O3. The van der Waals surface area contributed by atoms with Crippen LogP contribution >= 0.6 is 0 Å². The van der Waals surface area contributed by atoms with Crippen LogP contribution in [0.1, 0.15) is 30.9 Å². The molecule has 0 saturated carbocycles. The van der Waals surface area contributed by atoms with Crippen molar-refractivity contribution < 1.29 is 14.7 Å². The number of β-amino-alcohol motifs (C(OH)–C–C–N with tert-alkyl or cyclic N) is 1. The van der Waals surface area contributed by atoms with Crippen LogP contribution in [-0.2, 0) is 4.79 Å². The number of nitrogens with zero attached hydrogens (tertiary/aromatic N) is 2. The molecule has 2 rings (SSSR count). The van der Waals surface area contributed by atoms with E-state index in [-0.39, 0.29) is 24.4 Å². The molecule has 2 atom stereocenters. The Labute approximate surface area is 137 Å². The van der Waals surface area contributed by atoms with Crippen molar-refractivity contribution in [2.75, 3.05) is 27.2 Å². The van der Waals surface area contributed by atoms with Gasteiger partial charge in [0.05, 0.1) is 18.6 Å². The van der Waals surface area contributed by atoms with Crippen molar-refractivity contribution in [2.45, 2.75) is 31.4 Å². The molecule has 1 aliphatic rings. The number of aliphatic hydroxyl groups excluding tert-OH is 1. The largest absolute Gasteiger partial charge is 0.391 e. The maximum atomic E-state index is 12.5. The van der Waals surface area contributed by atoms with Crippen LogP contribution in [0.4, 0.5) is 4.79 Å². The molecule has 0 spiro atoms. The lowest BCUT2D eigenvalue weighted by atomic mass is 10.0. The predicted molar refractivity (Wildman–Crippen MR) is 87.8 cm³/mol. The minimum atomic E-state index is -0.465. The number of nitrogens with one attached hydrogen (secondary N) is 1. The van der Waals surface area contributed by atoms with Crippen molar-refractivity contribution in [3.8, 4) is 0 Å². The Bertz CT molecular complexity index is 533. The Morgan fingerprint density at radius 2 is 2.04 bits per heavy atom. The normalized spacial score (nSPS) is 19.1. The fourth-order valence-electron chi connectivity index (χ4n) is 2.67. The molecule has 0 radical (unpaired) electrons. The van der Waals surface area contributed by atoms with Gasteiger partial charge in [0.15, 0.2) is 0 Å². The molecule has 126 valence electrons. The smallest absolute Gasteiger partial charge is 0.317 e. The quantitative estimate of drug-likeness (QED) is 0.880. The third-order valence-electron chi connectivity index (χ3n) is 4.06. The molecule has 1 aromatic rings. The van der Waals surface area contributed by atoms with E-state index in [9.17, 15) is 14.7 Å². The van der Waals surface area contributed by atoms with Gasteiger partial charge in [0.25, 0.3) is 0 Å². The highest BCUT2D eigenvalue weighted by molar-refractivity contribution is 5.79. The SMILES string of the molecule is CN(C)C(=O)C[C@@H](NC(=O)N1CCC[C@@H](O)C1)c1ccccc1. The zero-order chi connectivity index (χ0) is 16.8. The van der Waals surface area contributed by atoms with Crippen LogP contribution in [0.3, 0.4) is 0 Å². The fraction of sp³-hybridized carbons (Fsp3) is 0.529. The first-order valence-electron chi connectivity index (χ1n) is 7.96. The van der Waals surface area contributed by atoms with Gasteiger partial charge >= 0.3 is 6.03 Å². The fourth-order valence-corrected chi connectivity index (χ4v) is 2.67. The van der Waals surface area contributed by atoms with Gasteiger partial charge in [-0.15, -0.1) is 0 Å². The Hall–Kier alpha value is -2.08. The monoisotopic (exact) mass is 319 g/mol. The average Bonchev–Trinajstić information content (AvgIpc) is 2.54. The van der Waals surface area contributed by atoms with Gasteiger partial charge in [0, 0.05) is 27.2 Å². The van der Waals surface area contributed by atoms with Gasteiger partial charge < -0.3 is 20.2 Å². The number of hydrogen-bond acceptors (Lipinski definition) is 3. The van der Waals surface area contributed by atoms with E-state index in [0.29, 0.717) is 13.1 Å². The maximum Gasteiger partial charge on any atom is 0.317 e. The van der Waals surface area contributed by atoms with Crippen molar-refractivity contribution in [3.05, 3.63) is 35.9 Å². The van der Waals surface area contributed by atoms with E-state index in [2.05, 4.69) is 5.32 Å². The molecule has 3 amide bonds. The number of carbonyl (C=O) groups is 2. The number of likely N-dealkylation sites (tertiary alicyclic amines) is 1. The summed E-state index contributed by atoms with van der Waals surface area (Å²) in [6, 6.07) is 8.87. The maximum absolute atomic E-state index is 12.5. The van der Waals surface area contributed by atoms with E-state index >= 15 is 0 Å². The predicted octanol–water partition coefficient (Wildman–Crippen LogP) is 1.37. The molecule has 0 aliphatic carbocycles. The number of hydrogen-bond donors (Lipinski definition) is 2. The molecule has 1 fully saturated rings. The van der Waals surface area contributed by atoms with Crippen molar-refractivity contribution in [1.82, 2.24) is 15.1 Å². The highest BCUT2D eigenvalue weighted by atomic mass is 16.3. The van der Waals surface area contributed by atoms with Gasteiger partial charge in [-0.1, -0.05) is 30.3 Å². The number of amides is 3. The minimum absolute atomic E-state index is 0.0437. The number of urea groups is 1. The Balaban J connectivity index is 2.07. The van der Waals surface area contributed by atoms with Crippen LogP contribution in [0.15, 0.2) is 30.3 Å². The van der Waals surface area contributed by atoms with Crippen molar-refractivity contribution in [2.24, 2.45) is 0 Å². The number of piperidine rings is 1. The summed E-state index contributed by atoms with van der Waals surface area (Å²) in [5.41, 5.74) is 0.897. The van der Waals surface area contributed by atoms with Gasteiger partial charge in [0.1, 0.15) is 0 Å². The lowest BCUT2D eigenvalue weighted by Gasteiger charge is -2.32. The molecule has 1 aromatic carbocycles. The third-order valence-corrected chi connectivity index (χ3v) is 4.06. The second kappa shape index (κ2) is 7.97. The summed E-state index contributed by atoms with van der Waals surface area (Å²) in [6.45, 7) is 0.973. The molecule has 1 heterocycles. The molecule has 0 aromatic heterocycles. The molecule has 0 unspecified atom stereocenters. The zero-order valence-corrected chi connectivity index (χ0v) is 13.7. The van der Waals surface area contributed by atoms with E-state index in [0.717, 1.165) is 18.4 Å². The summed E-state index contributed by atoms with van der Waals surface area (Å²) < 4.78 is 0. The van der Waals surface area contributed by atoms with Gasteiger partial charge in [-0.25, -0.2) is 4.79 Å². The second-order valence-corrected chi connectivity index (χ2v) is 6.15. The van der Waals surface area contributed by atoms with Gasteiger partial charge in [0.2, 0.25) is 5.91 Å². The number of benzene rings is 1. The van der Waals surface area contributed by atoms with E-state index in [1.807, 2.05) is 30.3 Å². The summed E-state index contributed by atoms with van der Waals surface area (Å²) in [5, 5.41) is 12.7. The topological polar surface area (TPSA) is 72.9 Å². The average molecular weight is 319 g/mol. The lowest BCUT2D eigenvalue weighted by Crippen LogP contribution is -2.48. The van der Waals surface area contributed by atoms with E-state index in [1.165, 1.54) is 4.90 Å². The van der Waals surface area contributed by atoms with Gasteiger partial charge in [-0.05, 0) is 18.4 Å². The molecule has 23 heavy (non-hydrogen) atoms. The van der Waals surface area contributed by atoms with Gasteiger partial charge in [-0.2, -0.15) is 0 Å². The van der Waals surface area contributed by atoms with Crippen LogP contribution in [0.25, 0.3) is 0 Å². The molecule has 1 aliphatic heterocycles. The minimum Gasteiger partial charge on any atom is -0.391 e. The second-order valence-electron chi connectivity index (χ2n) is 6.15. The van der Waals surface area contributed by atoms with Crippen molar-refractivity contribution >= 4 is 11.9 Å². The molecule has 1 saturated heterocycles. The molecule has 6 nitrogen and oxygen atoms in total. The summed E-state index contributed by atoms with van der Waals surface area (Å²) >= 11 is 0. The first-order chi connectivity index (χ1) is 11.0. The summed E-state index contributed by atoms with van der Waals surface area (Å²) in [5.74, 6) is -0.0437. The Morgan fingerprint density at radius 1 is 1.35 bits per heavy atom. The van der Waals surface area contributed by atoms with Gasteiger partial charge in [-0.3, -0.25) is 4.79 Å². The first-order valence-corrected chi connectivity index (χ1v) is 7.96. The number of carbonyl (C=O) groups excluding carboxylic acids is 2. The van der Waals surface area contributed by atoms with Crippen molar-refractivity contribution in [1.29, 1.82) is 0 Å². The van der Waals surface area contributed by atoms with Crippen LogP contribution in [0, 0.1) is 0 Å². The van der Waals surface area contributed by atoms with Crippen LogP contribution in [-0.4, -0.2) is 60.1 Å². The molecular weight excluding hydrogens is 294 g/mol. The lowest BCUT2D eigenvalue weighted by molar-refractivity contribution is -0.129. The van der Waals surface area contributed by atoms with E-state index in [1.54, 1.807) is 19.0 Å². The van der Waals surface area contributed by atoms with Crippen LogP contribution < -0.4 is 5.32 Å². The summed E-state index contributed by atoms with van der Waals surface area (Å²) in [4.78, 5) is 27.7. The van der Waals surface area contributed by atoms with E-state index in [4.69, 9.17) is 0 Å². The molecule has 2 N–H and O–H groups in total. The number of rotatable bonds is 4. The standard InChI is InChI=1S/C17H25N3O3/c1-19(2)16(22)11-15(13-7-4-3-5-8-13)18-17(23)20-10-6-9-14(21)12-20/h3-5,7-8,14-15,21H,6,9-12H2,1-2H3,(H,18,23)/t14-,15-/m1/s1. The van der Waals surface area contributed by atoms with Crippen LogP contribution in [0.2, 0.25) is 0 Å². The number of aliphatic hydroxyl groups is 1. The summed E-state index contributed by atoms with van der Waals surface area (Å²) in [7, 11) is 3.40. The molecule has 0 bridgehead atoms. The summed E-state index contributed by atoms with van der Waals surface area (Å²) in [6.07, 6.45) is 1.26. The zero-order valence-electron chi connectivity index (χ0n) is 13.7. The van der Waals surface area contributed by atoms with Crippen molar-refractivity contribution in [3.63, 3.8) is 0 Å². The Morgan fingerprint density at radius 3 is 2.65 bits per heavy atom. The Kier molecular flexibility index (Phi) is 5.98. The highest BCUT2D eigenvalue weighted by Gasteiger charge is 2.25. The first kappa shape index (κ1) is 17.3. The molecule has 6 heteroatoms. The third kappa shape index (κ3) is 4.96.